The number of halogens is 1. The lowest BCUT2D eigenvalue weighted by Crippen LogP contribution is -2.15. The van der Waals surface area contributed by atoms with Gasteiger partial charge in [-0.2, -0.15) is 0 Å². The van der Waals surface area contributed by atoms with Gasteiger partial charge in [-0.25, -0.2) is 8.42 Å². The molecule has 2 N–H and O–H groups in total. The van der Waals surface area contributed by atoms with Crippen molar-refractivity contribution in [3.63, 3.8) is 0 Å². The lowest BCUT2D eigenvalue weighted by atomic mass is 10.1. The fourth-order valence-corrected chi connectivity index (χ4v) is 3.92. The summed E-state index contributed by atoms with van der Waals surface area (Å²) in [6, 6.07) is 20.4. The van der Waals surface area contributed by atoms with E-state index in [1.54, 1.807) is 37.3 Å². The van der Waals surface area contributed by atoms with E-state index in [4.69, 9.17) is 11.6 Å². The first-order chi connectivity index (χ1) is 13.3. The predicted octanol–water partition coefficient (Wildman–Crippen LogP) is 4.63. The minimum Gasteiger partial charge on any atom is -0.326 e. The van der Waals surface area contributed by atoms with Crippen molar-refractivity contribution in [3.05, 3.63) is 88.9 Å². The van der Waals surface area contributed by atoms with Crippen LogP contribution in [0, 0.1) is 6.92 Å². The third kappa shape index (κ3) is 4.91. The molecule has 0 bridgehead atoms. The summed E-state index contributed by atoms with van der Waals surface area (Å²) in [4.78, 5) is 12.2. The normalized spacial score (nSPS) is 11.1. The van der Waals surface area contributed by atoms with E-state index in [1.807, 2.05) is 30.3 Å². The van der Waals surface area contributed by atoms with Crippen molar-refractivity contribution in [3.8, 4) is 0 Å². The highest BCUT2D eigenvalue weighted by Gasteiger charge is 2.16. The van der Waals surface area contributed by atoms with Crippen molar-refractivity contribution in [2.45, 2.75) is 18.2 Å². The molecular formula is C21H19ClN2O3S. The summed E-state index contributed by atoms with van der Waals surface area (Å²) in [6.45, 7) is 1.74. The molecule has 0 fully saturated rings. The van der Waals surface area contributed by atoms with Crippen LogP contribution in [0.4, 0.5) is 11.4 Å². The maximum atomic E-state index is 12.6. The second-order valence-corrected chi connectivity index (χ2v) is 8.34. The largest absolute Gasteiger partial charge is 0.326 e. The van der Waals surface area contributed by atoms with E-state index in [9.17, 15) is 13.2 Å². The van der Waals surface area contributed by atoms with Gasteiger partial charge in [0.1, 0.15) is 0 Å². The van der Waals surface area contributed by atoms with Crippen molar-refractivity contribution in [1.29, 1.82) is 0 Å². The quantitative estimate of drug-likeness (QED) is 0.617. The van der Waals surface area contributed by atoms with E-state index in [0.717, 1.165) is 5.56 Å². The average Bonchev–Trinajstić information content (AvgIpc) is 2.66. The Bertz CT molecular complexity index is 1080. The highest BCUT2D eigenvalue weighted by Crippen LogP contribution is 2.25. The third-order valence-electron chi connectivity index (χ3n) is 4.17. The number of anilines is 2. The van der Waals surface area contributed by atoms with Gasteiger partial charge in [0.2, 0.25) is 5.91 Å². The third-order valence-corrected chi connectivity index (χ3v) is 5.96. The van der Waals surface area contributed by atoms with Crippen molar-refractivity contribution in [2.24, 2.45) is 0 Å². The average molecular weight is 415 g/mol. The van der Waals surface area contributed by atoms with E-state index in [2.05, 4.69) is 10.0 Å². The monoisotopic (exact) mass is 414 g/mol. The van der Waals surface area contributed by atoms with Crippen molar-refractivity contribution in [2.75, 3.05) is 10.0 Å². The smallest absolute Gasteiger partial charge is 0.261 e. The maximum Gasteiger partial charge on any atom is 0.261 e. The number of amides is 1. The molecule has 5 nitrogen and oxygen atoms in total. The first-order valence-corrected chi connectivity index (χ1v) is 10.4. The molecule has 0 radical (unpaired) electrons. The molecular weight excluding hydrogens is 396 g/mol. The molecule has 3 aromatic carbocycles. The molecule has 0 aliphatic rings. The van der Waals surface area contributed by atoms with Crippen LogP contribution in [-0.2, 0) is 21.2 Å². The zero-order chi connectivity index (χ0) is 20.1. The molecule has 3 rings (SSSR count). The predicted molar refractivity (Wildman–Crippen MR) is 112 cm³/mol. The first-order valence-electron chi connectivity index (χ1n) is 8.57. The zero-order valence-corrected chi connectivity index (χ0v) is 16.7. The number of hydrogen-bond donors (Lipinski definition) is 2. The fourth-order valence-electron chi connectivity index (χ4n) is 2.63. The molecule has 144 valence electrons. The molecule has 0 atom stereocenters. The number of carbonyl (C=O) groups is 1. The van der Waals surface area contributed by atoms with E-state index in [1.165, 1.54) is 12.1 Å². The van der Waals surface area contributed by atoms with Gasteiger partial charge in [-0.05, 0) is 54.4 Å². The SMILES string of the molecule is Cc1c(Cl)cccc1NS(=O)(=O)c1ccc(NC(=O)Cc2ccccc2)cc1. The molecule has 0 saturated carbocycles. The van der Waals surface area contributed by atoms with E-state index in [-0.39, 0.29) is 17.2 Å². The highest BCUT2D eigenvalue weighted by molar-refractivity contribution is 7.92. The molecule has 0 aliphatic heterocycles. The lowest BCUT2D eigenvalue weighted by Gasteiger charge is -2.12. The van der Waals surface area contributed by atoms with Gasteiger partial charge in [0.05, 0.1) is 17.0 Å². The molecule has 0 heterocycles. The Labute approximate surface area is 169 Å². The van der Waals surface area contributed by atoms with E-state index < -0.39 is 10.0 Å². The van der Waals surface area contributed by atoms with E-state index >= 15 is 0 Å². The maximum absolute atomic E-state index is 12.6. The minimum absolute atomic E-state index is 0.0907. The van der Waals surface area contributed by atoms with Gasteiger partial charge < -0.3 is 5.32 Å². The molecule has 3 aromatic rings. The number of rotatable bonds is 6. The van der Waals surface area contributed by atoms with Crippen LogP contribution < -0.4 is 10.0 Å². The van der Waals surface area contributed by atoms with E-state index in [0.29, 0.717) is 22.0 Å². The number of sulfonamides is 1. The summed E-state index contributed by atoms with van der Waals surface area (Å²) in [6.07, 6.45) is 0.247. The van der Waals surface area contributed by atoms with Crippen LogP contribution in [0.1, 0.15) is 11.1 Å². The number of benzene rings is 3. The van der Waals surface area contributed by atoms with Gasteiger partial charge in [0.25, 0.3) is 10.0 Å². The van der Waals surface area contributed by atoms with Gasteiger partial charge in [-0.1, -0.05) is 48.0 Å². The van der Waals surface area contributed by atoms with Crippen LogP contribution in [0.2, 0.25) is 5.02 Å². The van der Waals surface area contributed by atoms with Crippen LogP contribution in [-0.4, -0.2) is 14.3 Å². The second kappa shape index (κ2) is 8.46. The van der Waals surface area contributed by atoms with Crippen LogP contribution in [0.25, 0.3) is 0 Å². The molecule has 0 aromatic heterocycles. The summed E-state index contributed by atoms with van der Waals surface area (Å²) >= 11 is 6.04. The van der Waals surface area contributed by atoms with Gasteiger partial charge in [-0.3, -0.25) is 9.52 Å². The van der Waals surface area contributed by atoms with Crippen LogP contribution in [0.5, 0.6) is 0 Å². The van der Waals surface area contributed by atoms with Gasteiger partial charge in [0, 0.05) is 10.7 Å². The Hall–Kier alpha value is -2.83. The first kappa shape index (κ1) is 19.9. The minimum atomic E-state index is -3.77. The topological polar surface area (TPSA) is 75.3 Å². The lowest BCUT2D eigenvalue weighted by molar-refractivity contribution is -0.115. The van der Waals surface area contributed by atoms with Gasteiger partial charge >= 0.3 is 0 Å². The van der Waals surface area contributed by atoms with Crippen LogP contribution in [0.3, 0.4) is 0 Å². The fraction of sp³-hybridized carbons (Fsp3) is 0.0952. The highest BCUT2D eigenvalue weighted by atomic mass is 35.5. The number of carbonyl (C=O) groups excluding carboxylic acids is 1. The van der Waals surface area contributed by atoms with Crippen molar-refractivity contribution < 1.29 is 13.2 Å². The van der Waals surface area contributed by atoms with Crippen molar-refractivity contribution in [1.82, 2.24) is 0 Å². The Morgan fingerprint density at radius 1 is 0.929 bits per heavy atom. The number of hydrogen-bond acceptors (Lipinski definition) is 3. The van der Waals surface area contributed by atoms with Gasteiger partial charge in [0.15, 0.2) is 0 Å². The number of nitrogens with one attached hydrogen (secondary N) is 2. The molecule has 0 aliphatic carbocycles. The van der Waals surface area contributed by atoms with Crippen LogP contribution >= 0.6 is 11.6 Å². The van der Waals surface area contributed by atoms with Crippen LogP contribution in [0.15, 0.2) is 77.7 Å². The zero-order valence-electron chi connectivity index (χ0n) is 15.1. The second-order valence-electron chi connectivity index (χ2n) is 6.25. The van der Waals surface area contributed by atoms with Gasteiger partial charge in [-0.15, -0.1) is 0 Å². The summed E-state index contributed by atoms with van der Waals surface area (Å²) in [7, 11) is -3.77. The molecule has 0 unspecified atom stereocenters. The molecule has 28 heavy (non-hydrogen) atoms. The Balaban J connectivity index is 1.69. The Morgan fingerprint density at radius 2 is 1.61 bits per heavy atom. The van der Waals surface area contributed by atoms with Crippen molar-refractivity contribution >= 4 is 38.9 Å². The summed E-state index contributed by atoms with van der Waals surface area (Å²) < 4.78 is 27.7. The molecule has 0 spiro atoms. The molecule has 7 heteroatoms. The summed E-state index contributed by atoms with van der Waals surface area (Å²) in [5, 5.41) is 3.25. The Kier molecular flexibility index (Phi) is 6.02. The summed E-state index contributed by atoms with van der Waals surface area (Å²) in [5.41, 5.74) is 2.50. The standard InChI is InChI=1S/C21H19ClN2O3S/c1-15-19(22)8-5-9-20(15)24-28(26,27)18-12-10-17(11-13-18)23-21(25)14-16-6-3-2-4-7-16/h2-13,24H,14H2,1H3,(H,23,25). The summed E-state index contributed by atoms with van der Waals surface area (Å²) in [5.74, 6) is -0.172. The molecule has 0 saturated heterocycles. The molecule has 1 amide bonds. The Morgan fingerprint density at radius 3 is 2.29 bits per heavy atom.